The van der Waals surface area contributed by atoms with E-state index in [1.54, 1.807) is 0 Å². The molecule has 3 heteroatoms. The molecule has 0 aliphatic carbocycles. The number of rotatable bonds is 4. The van der Waals surface area contributed by atoms with Gasteiger partial charge in [-0.25, -0.2) is 0 Å². The van der Waals surface area contributed by atoms with E-state index in [1.807, 2.05) is 0 Å². The molecule has 0 amide bonds. The van der Waals surface area contributed by atoms with Crippen LogP contribution in [0.5, 0.6) is 0 Å². The summed E-state index contributed by atoms with van der Waals surface area (Å²) in [5.41, 5.74) is 2.48. The Hall–Kier alpha value is -1.06. The van der Waals surface area contributed by atoms with E-state index in [0.717, 1.165) is 26.2 Å². The predicted molar refractivity (Wildman–Crippen MR) is 80.7 cm³/mol. The molecule has 0 aromatic heterocycles. The van der Waals surface area contributed by atoms with E-state index in [2.05, 4.69) is 62.2 Å². The van der Waals surface area contributed by atoms with E-state index in [1.165, 1.54) is 11.3 Å². The summed E-state index contributed by atoms with van der Waals surface area (Å²) in [4.78, 5) is 2.48. The Morgan fingerprint density at radius 2 is 2.21 bits per heavy atom. The van der Waals surface area contributed by atoms with Gasteiger partial charge in [0.2, 0.25) is 0 Å². The largest absolute Gasteiger partial charge is 0.384 e. The molecule has 1 atom stereocenters. The lowest BCUT2D eigenvalue weighted by atomic mass is 10.1. The number of anilines is 1. The third-order valence-corrected chi connectivity index (χ3v) is 3.42. The lowest BCUT2D eigenvalue weighted by Gasteiger charge is -2.41. The quantitative estimate of drug-likeness (QED) is 0.903. The molecule has 0 bridgehead atoms. The molecular weight excluding hydrogens is 236 g/mol. The molecule has 1 aliphatic heterocycles. The third-order valence-electron chi connectivity index (χ3n) is 3.42. The van der Waals surface area contributed by atoms with Crippen molar-refractivity contribution in [3.05, 3.63) is 29.8 Å². The summed E-state index contributed by atoms with van der Waals surface area (Å²) >= 11 is 0. The normalized spacial score (nSPS) is 23.3. The van der Waals surface area contributed by atoms with E-state index in [0.29, 0.717) is 6.10 Å². The summed E-state index contributed by atoms with van der Waals surface area (Å²) in [5.74, 6) is 0. The van der Waals surface area contributed by atoms with Gasteiger partial charge in [0.1, 0.15) is 0 Å². The van der Waals surface area contributed by atoms with Crippen LogP contribution >= 0.6 is 0 Å². The van der Waals surface area contributed by atoms with Gasteiger partial charge < -0.3 is 10.1 Å². The van der Waals surface area contributed by atoms with E-state index in [9.17, 15) is 0 Å². The van der Waals surface area contributed by atoms with Gasteiger partial charge in [0.15, 0.2) is 0 Å². The van der Waals surface area contributed by atoms with Crippen molar-refractivity contribution >= 4 is 5.69 Å². The highest BCUT2D eigenvalue weighted by Crippen LogP contribution is 2.20. The lowest BCUT2D eigenvalue weighted by molar-refractivity contribution is -0.127. The van der Waals surface area contributed by atoms with Crippen molar-refractivity contribution in [1.82, 2.24) is 4.90 Å². The van der Waals surface area contributed by atoms with Crippen molar-refractivity contribution in [3.8, 4) is 0 Å². The van der Waals surface area contributed by atoms with Crippen LogP contribution in [0.1, 0.15) is 26.3 Å². The molecule has 0 saturated carbocycles. The first-order chi connectivity index (χ1) is 8.94. The topological polar surface area (TPSA) is 24.5 Å². The first kappa shape index (κ1) is 14.4. The minimum Gasteiger partial charge on any atom is -0.384 e. The van der Waals surface area contributed by atoms with E-state index < -0.39 is 0 Å². The highest BCUT2D eigenvalue weighted by molar-refractivity contribution is 5.45. The highest BCUT2D eigenvalue weighted by Gasteiger charge is 2.30. The number of ether oxygens (including phenoxy) is 1. The van der Waals surface area contributed by atoms with Gasteiger partial charge in [0.25, 0.3) is 0 Å². The van der Waals surface area contributed by atoms with Gasteiger partial charge in [0, 0.05) is 31.9 Å². The number of hydrogen-bond donors (Lipinski definition) is 1. The SMILES string of the molecule is Cc1cccc(NCCN2CC(C)OC(C)(C)C2)c1. The van der Waals surface area contributed by atoms with Gasteiger partial charge in [-0.05, 0) is 45.4 Å². The third kappa shape index (κ3) is 4.51. The average Bonchev–Trinajstić information content (AvgIpc) is 2.26. The summed E-state index contributed by atoms with van der Waals surface area (Å²) in [5, 5.41) is 3.49. The molecule has 1 saturated heterocycles. The molecule has 1 N–H and O–H groups in total. The van der Waals surface area contributed by atoms with Crippen LogP contribution in [0.4, 0.5) is 5.69 Å². The molecule has 1 unspecified atom stereocenters. The minimum absolute atomic E-state index is 0.0268. The minimum atomic E-state index is -0.0268. The Morgan fingerprint density at radius 3 is 2.89 bits per heavy atom. The number of aryl methyl sites for hydroxylation is 1. The molecule has 1 aliphatic rings. The maximum Gasteiger partial charge on any atom is 0.0757 e. The van der Waals surface area contributed by atoms with Crippen molar-refractivity contribution in [2.75, 3.05) is 31.5 Å². The molecule has 1 aromatic rings. The van der Waals surface area contributed by atoms with Crippen LogP contribution in [0, 0.1) is 6.92 Å². The van der Waals surface area contributed by atoms with Crippen LogP contribution in [0.2, 0.25) is 0 Å². The highest BCUT2D eigenvalue weighted by atomic mass is 16.5. The number of benzene rings is 1. The second kappa shape index (κ2) is 5.93. The van der Waals surface area contributed by atoms with Crippen molar-refractivity contribution < 1.29 is 4.74 Å². The van der Waals surface area contributed by atoms with E-state index in [4.69, 9.17) is 4.74 Å². The fraction of sp³-hybridized carbons (Fsp3) is 0.625. The first-order valence-corrected chi connectivity index (χ1v) is 7.15. The van der Waals surface area contributed by atoms with Gasteiger partial charge in [-0.15, -0.1) is 0 Å². The molecule has 0 radical (unpaired) electrons. The number of morpholine rings is 1. The fourth-order valence-corrected chi connectivity index (χ4v) is 2.87. The van der Waals surface area contributed by atoms with Crippen LogP contribution in [-0.4, -0.2) is 42.8 Å². The second-order valence-corrected chi connectivity index (χ2v) is 6.22. The summed E-state index contributed by atoms with van der Waals surface area (Å²) in [6.07, 6.45) is 0.322. The van der Waals surface area contributed by atoms with Crippen molar-refractivity contribution in [2.45, 2.75) is 39.4 Å². The van der Waals surface area contributed by atoms with Crippen LogP contribution in [0.3, 0.4) is 0 Å². The molecule has 0 spiro atoms. The van der Waals surface area contributed by atoms with Gasteiger partial charge in [-0.3, -0.25) is 4.90 Å². The molecule has 1 heterocycles. The van der Waals surface area contributed by atoms with Crippen molar-refractivity contribution in [1.29, 1.82) is 0 Å². The summed E-state index contributed by atoms with van der Waals surface area (Å²) in [6.45, 7) is 12.7. The maximum atomic E-state index is 5.92. The summed E-state index contributed by atoms with van der Waals surface area (Å²) in [7, 11) is 0. The number of nitrogens with one attached hydrogen (secondary N) is 1. The zero-order valence-corrected chi connectivity index (χ0v) is 12.6. The Morgan fingerprint density at radius 1 is 1.42 bits per heavy atom. The second-order valence-electron chi connectivity index (χ2n) is 6.22. The van der Waals surface area contributed by atoms with Crippen LogP contribution in [0.25, 0.3) is 0 Å². The molecule has 2 rings (SSSR count). The van der Waals surface area contributed by atoms with Gasteiger partial charge in [0.05, 0.1) is 11.7 Å². The molecule has 106 valence electrons. The zero-order valence-electron chi connectivity index (χ0n) is 12.6. The lowest BCUT2D eigenvalue weighted by Crippen LogP contribution is -2.52. The Balaban J connectivity index is 1.79. The molecular formula is C16H26N2O. The van der Waals surface area contributed by atoms with Crippen molar-refractivity contribution in [3.63, 3.8) is 0 Å². The molecule has 19 heavy (non-hydrogen) atoms. The number of hydrogen-bond acceptors (Lipinski definition) is 3. The standard InChI is InChI=1S/C16H26N2O/c1-13-6-5-7-15(10-13)17-8-9-18-11-14(2)19-16(3,4)12-18/h5-7,10,14,17H,8-9,11-12H2,1-4H3. The van der Waals surface area contributed by atoms with Crippen LogP contribution < -0.4 is 5.32 Å². The van der Waals surface area contributed by atoms with Gasteiger partial charge in [-0.1, -0.05) is 12.1 Å². The molecule has 1 aromatic carbocycles. The van der Waals surface area contributed by atoms with Crippen molar-refractivity contribution in [2.24, 2.45) is 0 Å². The van der Waals surface area contributed by atoms with E-state index in [-0.39, 0.29) is 5.60 Å². The Bertz CT molecular complexity index is 417. The Kier molecular flexibility index (Phi) is 4.48. The van der Waals surface area contributed by atoms with Crippen LogP contribution in [-0.2, 0) is 4.74 Å². The monoisotopic (exact) mass is 262 g/mol. The Labute approximate surface area is 116 Å². The van der Waals surface area contributed by atoms with Crippen LogP contribution in [0.15, 0.2) is 24.3 Å². The average molecular weight is 262 g/mol. The summed E-state index contributed by atoms with van der Waals surface area (Å²) in [6, 6.07) is 8.53. The van der Waals surface area contributed by atoms with Gasteiger partial charge >= 0.3 is 0 Å². The molecule has 1 fully saturated rings. The predicted octanol–water partition coefficient (Wildman–Crippen LogP) is 2.91. The number of nitrogens with zero attached hydrogens (tertiary/aromatic N) is 1. The smallest absolute Gasteiger partial charge is 0.0757 e. The maximum absolute atomic E-state index is 5.92. The molecule has 3 nitrogen and oxygen atoms in total. The zero-order chi connectivity index (χ0) is 13.9. The van der Waals surface area contributed by atoms with E-state index >= 15 is 0 Å². The first-order valence-electron chi connectivity index (χ1n) is 7.15. The fourth-order valence-electron chi connectivity index (χ4n) is 2.87. The summed E-state index contributed by atoms with van der Waals surface area (Å²) < 4.78 is 5.92. The van der Waals surface area contributed by atoms with Gasteiger partial charge in [-0.2, -0.15) is 0 Å².